The first-order valence-corrected chi connectivity index (χ1v) is 5.11. The van der Waals surface area contributed by atoms with E-state index in [1.807, 2.05) is 26.1 Å². The van der Waals surface area contributed by atoms with Gasteiger partial charge < -0.3 is 10.6 Å². The van der Waals surface area contributed by atoms with E-state index in [4.69, 9.17) is 5.73 Å². The Hall–Kier alpha value is -0.540. The fraction of sp³-hybridized carbons (Fsp3) is 0.400. The van der Waals surface area contributed by atoms with E-state index in [1.54, 1.807) is 0 Å². The lowest BCUT2D eigenvalue weighted by molar-refractivity contribution is 0.717. The Morgan fingerprint density at radius 3 is 2.38 bits per heavy atom. The summed E-state index contributed by atoms with van der Waals surface area (Å²) >= 11 is 3.40. The van der Waals surface area contributed by atoms with E-state index in [9.17, 15) is 0 Å². The van der Waals surface area contributed by atoms with Gasteiger partial charge in [0.2, 0.25) is 0 Å². The molecular formula is C10H15BrN2. The van der Waals surface area contributed by atoms with Crippen molar-refractivity contribution in [2.75, 3.05) is 18.5 Å². The van der Waals surface area contributed by atoms with Crippen LogP contribution in [-0.4, -0.2) is 19.6 Å². The fourth-order valence-electron chi connectivity index (χ4n) is 1.23. The van der Waals surface area contributed by atoms with Crippen LogP contribution in [0.1, 0.15) is 6.92 Å². The van der Waals surface area contributed by atoms with Gasteiger partial charge in [-0.1, -0.05) is 15.9 Å². The monoisotopic (exact) mass is 242 g/mol. The van der Waals surface area contributed by atoms with Crippen LogP contribution in [0, 0.1) is 0 Å². The van der Waals surface area contributed by atoms with E-state index in [-0.39, 0.29) is 6.04 Å². The van der Waals surface area contributed by atoms with E-state index >= 15 is 0 Å². The summed E-state index contributed by atoms with van der Waals surface area (Å²) in [5, 5.41) is 0. The molecule has 0 aromatic heterocycles. The number of likely N-dealkylation sites (N-methyl/N-ethyl adjacent to an activating group) is 1. The second kappa shape index (κ2) is 4.63. The Balaban J connectivity index is 2.66. The number of hydrogen-bond acceptors (Lipinski definition) is 2. The number of nitrogens with two attached hydrogens (primary N) is 1. The van der Waals surface area contributed by atoms with Gasteiger partial charge in [-0.15, -0.1) is 0 Å². The zero-order valence-electron chi connectivity index (χ0n) is 8.00. The Kier molecular flexibility index (Phi) is 3.75. The van der Waals surface area contributed by atoms with Gasteiger partial charge in [-0.05, 0) is 31.2 Å². The van der Waals surface area contributed by atoms with Gasteiger partial charge in [-0.25, -0.2) is 0 Å². The summed E-state index contributed by atoms with van der Waals surface area (Å²) in [6, 6.07) is 8.42. The highest BCUT2D eigenvalue weighted by Gasteiger charge is 2.02. The summed E-state index contributed by atoms with van der Waals surface area (Å²) in [6.45, 7) is 2.89. The fourth-order valence-corrected chi connectivity index (χ4v) is 1.50. The summed E-state index contributed by atoms with van der Waals surface area (Å²) in [5.74, 6) is 0. The predicted molar refractivity (Wildman–Crippen MR) is 61.1 cm³/mol. The molecule has 1 aromatic carbocycles. The number of benzene rings is 1. The lowest BCUT2D eigenvalue weighted by Crippen LogP contribution is -2.32. The molecule has 72 valence electrons. The largest absolute Gasteiger partial charge is 0.373 e. The van der Waals surface area contributed by atoms with Crippen molar-refractivity contribution in [1.82, 2.24) is 0 Å². The highest BCUT2D eigenvalue weighted by molar-refractivity contribution is 9.10. The van der Waals surface area contributed by atoms with Crippen LogP contribution >= 0.6 is 15.9 Å². The molecule has 0 fully saturated rings. The predicted octanol–water partition coefficient (Wildman–Crippen LogP) is 2.23. The Morgan fingerprint density at radius 2 is 1.92 bits per heavy atom. The molecule has 0 radical (unpaired) electrons. The van der Waals surface area contributed by atoms with E-state index in [2.05, 4.69) is 33.0 Å². The molecule has 1 rings (SSSR count). The van der Waals surface area contributed by atoms with Crippen LogP contribution < -0.4 is 10.6 Å². The minimum atomic E-state index is 0.202. The molecule has 0 amide bonds. The zero-order chi connectivity index (χ0) is 9.84. The Morgan fingerprint density at radius 1 is 1.38 bits per heavy atom. The van der Waals surface area contributed by atoms with Crippen LogP contribution in [0.4, 0.5) is 5.69 Å². The second-order valence-electron chi connectivity index (χ2n) is 3.33. The third kappa shape index (κ3) is 3.36. The maximum Gasteiger partial charge on any atom is 0.0364 e. The summed E-state index contributed by atoms with van der Waals surface area (Å²) < 4.78 is 1.10. The standard InChI is InChI=1S/C10H15BrN2/c1-8(12)7-13(2)10-5-3-9(11)4-6-10/h3-6,8H,7,12H2,1-2H3. The summed E-state index contributed by atoms with van der Waals surface area (Å²) in [5.41, 5.74) is 6.90. The van der Waals surface area contributed by atoms with Crippen molar-refractivity contribution in [3.8, 4) is 0 Å². The van der Waals surface area contributed by atoms with Crippen LogP contribution in [0.5, 0.6) is 0 Å². The van der Waals surface area contributed by atoms with Crippen LogP contribution in [-0.2, 0) is 0 Å². The first kappa shape index (κ1) is 10.5. The van der Waals surface area contributed by atoms with Crippen LogP contribution in [0.15, 0.2) is 28.7 Å². The quantitative estimate of drug-likeness (QED) is 0.882. The summed E-state index contributed by atoms with van der Waals surface area (Å²) in [4.78, 5) is 2.15. The number of nitrogens with zero attached hydrogens (tertiary/aromatic N) is 1. The highest BCUT2D eigenvalue weighted by atomic mass is 79.9. The molecule has 0 bridgehead atoms. The lowest BCUT2D eigenvalue weighted by Gasteiger charge is -2.21. The highest BCUT2D eigenvalue weighted by Crippen LogP contribution is 2.16. The van der Waals surface area contributed by atoms with Crippen molar-refractivity contribution in [2.24, 2.45) is 5.73 Å². The summed E-state index contributed by atoms with van der Waals surface area (Å²) in [6.07, 6.45) is 0. The van der Waals surface area contributed by atoms with E-state index < -0.39 is 0 Å². The third-order valence-electron chi connectivity index (χ3n) is 1.83. The third-order valence-corrected chi connectivity index (χ3v) is 2.36. The second-order valence-corrected chi connectivity index (χ2v) is 4.25. The maximum absolute atomic E-state index is 5.71. The minimum absolute atomic E-state index is 0.202. The van der Waals surface area contributed by atoms with Crippen LogP contribution in [0.2, 0.25) is 0 Å². The number of hydrogen-bond donors (Lipinski definition) is 1. The van der Waals surface area contributed by atoms with E-state index in [0.717, 1.165) is 11.0 Å². The molecule has 0 saturated heterocycles. The summed E-state index contributed by atoms with van der Waals surface area (Å²) in [7, 11) is 2.05. The number of anilines is 1. The average molecular weight is 243 g/mol. The van der Waals surface area contributed by atoms with Crippen molar-refractivity contribution in [2.45, 2.75) is 13.0 Å². The maximum atomic E-state index is 5.71. The van der Waals surface area contributed by atoms with Crippen molar-refractivity contribution >= 4 is 21.6 Å². The first-order chi connectivity index (χ1) is 6.09. The van der Waals surface area contributed by atoms with Crippen molar-refractivity contribution in [3.63, 3.8) is 0 Å². The van der Waals surface area contributed by atoms with Gasteiger partial charge in [-0.3, -0.25) is 0 Å². The zero-order valence-corrected chi connectivity index (χ0v) is 9.58. The molecule has 0 spiro atoms. The first-order valence-electron chi connectivity index (χ1n) is 4.32. The lowest BCUT2D eigenvalue weighted by atomic mass is 10.2. The normalized spacial score (nSPS) is 12.6. The Labute approximate surface area is 87.9 Å². The van der Waals surface area contributed by atoms with Gasteiger partial charge in [-0.2, -0.15) is 0 Å². The molecule has 1 unspecified atom stereocenters. The molecule has 0 aliphatic carbocycles. The van der Waals surface area contributed by atoms with E-state index in [1.165, 1.54) is 5.69 Å². The van der Waals surface area contributed by atoms with Gasteiger partial charge in [0.1, 0.15) is 0 Å². The molecular weight excluding hydrogens is 228 g/mol. The smallest absolute Gasteiger partial charge is 0.0364 e. The molecule has 1 atom stereocenters. The van der Waals surface area contributed by atoms with Gasteiger partial charge in [0.15, 0.2) is 0 Å². The van der Waals surface area contributed by atoms with Gasteiger partial charge in [0.25, 0.3) is 0 Å². The van der Waals surface area contributed by atoms with Crippen LogP contribution in [0.25, 0.3) is 0 Å². The molecule has 0 saturated carbocycles. The van der Waals surface area contributed by atoms with Crippen molar-refractivity contribution in [3.05, 3.63) is 28.7 Å². The molecule has 0 aliphatic heterocycles. The average Bonchev–Trinajstić information content (AvgIpc) is 2.04. The van der Waals surface area contributed by atoms with Crippen molar-refractivity contribution in [1.29, 1.82) is 0 Å². The van der Waals surface area contributed by atoms with Gasteiger partial charge in [0.05, 0.1) is 0 Å². The molecule has 0 aliphatic rings. The van der Waals surface area contributed by atoms with Crippen molar-refractivity contribution < 1.29 is 0 Å². The molecule has 13 heavy (non-hydrogen) atoms. The topological polar surface area (TPSA) is 29.3 Å². The molecule has 3 heteroatoms. The molecule has 0 heterocycles. The minimum Gasteiger partial charge on any atom is -0.373 e. The molecule has 1 aromatic rings. The Bertz CT molecular complexity index is 256. The number of rotatable bonds is 3. The molecule has 2 nitrogen and oxygen atoms in total. The van der Waals surface area contributed by atoms with Gasteiger partial charge >= 0.3 is 0 Å². The molecule has 2 N–H and O–H groups in total. The van der Waals surface area contributed by atoms with Gasteiger partial charge in [0, 0.05) is 29.8 Å². The number of halogens is 1. The SMILES string of the molecule is CC(N)CN(C)c1ccc(Br)cc1. The van der Waals surface area contributed by atoms with E-state index in [0.29, 0.717) is 0 Å². The van der Waals surface area contributed by atoms with Crippen LogP contribution in [0.3, 0.4) is 0 Å².